The van der Waals surface area contributed by atoms with Crippen molar-refractivity contribution in [3.05, 3.63) is 36.5 Å². The van der Waals surface area contributed by atoms with Crippen LogP contribution < -0.4 is 0 Å². The molecule has 0 amide bonds. The highest BCUT2D eigenvalue weighted by Gasteiger charge is 2.25. The number of hydrogen-bond donors (Lipinski definition) is 1. The number of rotatable bonds is 54. The number of allylic oxidation sites excluding steroid dienone is 6. The third kappa shape index (κ3) is 53.1. The molecule has 0 saturated carbocycles. The molecule has 0 aliphatic heterocycles. The lowest BCUT2D eigenvalue weighted by atomic mass is 10.0. The second kappa shape index (κ2) is 51.9. The molecule has 9 nitrogen and oxygen atoms in total. The number of quaternary nitrogens is 1. The molecule has 0 saturated heterocycles. The molecule has 0 aliphatic carbocycles. The van der Waals surface area contributed by atoms with Crippen molar-refractivity contribution in [3.8, 4) is 0 Å². The van der Waals surface area contributed by atoms with Gasteiger partial charge in [-0.3, -0.25) is 9.59 Å². The molecule has 0 aromatic rings. The van der Waals surface area contributed by atoms with Crippen LogP contribution in [0.2, 0.25) is 0 Å². The molecule has 2 unspecified atom stereocenters. The summed E-state index contributed by atoms with van der Waals surface area (Å²) in [6.45, 7) is 4.90. The van der Waals surface area contributed by atoms with Crippen molar-refractivity contribution in [2.24, 2.45) is 0 Å². The third-order valence-corrected chi connectivity index (χ3v) is 12.9. The molecule has 0 aliphatic rings. The van der Waals surface area contributed by atoms with Crippen molar-refractivity contribution in [3.63, 3.8) is 0 Å². The number of ether oxygens (including phenoxy) is 4. The number of carbonyl (C=O) groups excluding carboxylic acids is 2. The summed E-state index contributed by atoms with van der Waals surface area (Å²) in [6, 6.07) is 0. The number of carboxylic acid groups (broad SMARTS) is 1. The Hall–Kier alpha value is -2.49. The summed E-state index contributed by atoms with van der Waals surface area (Å²) < 4.78 is 22.9. The Labute approximate surface area is 426 Å². The van der Waals surface area contributed by atoms with Crippen molar-refractivity contribution < 1.29 is 42.9 Å². The first-order valence-electron chi connectivity index (χ1n) is 29.2. The molecular weight excluding hydrogens is 863 g/mol. The van der Waals surface area contributed by atoms with E-state index in [-0.39, 0.29) is 32.2 Å². The largest absolute Gasteiger partial charge is 0.477 e. The van der Waals surface area contributed by atoms with Gasteiger partial charge in [0.2, 0.25) is 0 Å². The normalized spacial score (nSPS) is 13.0. The van der Waals surface area contributed by atoms with E-state index in [1.807, 2.05) is 21.1 Å². The van der Waals surface area contributed by atoms with Crippen molar-refractivity contribution >= 4 is 17.9 Å². The first kappa shape index (κ1) is 66.5. The predicted octanol–water partition coefficient (Wildman–Crippen LogP) is 16.9. The van der Waals surface area contributed by atoms with Gasteiger partial charge in [-0.05, 0) is 70.6 Å². The van der Waals surface area contributed by atoms with Gasteiger partial charge in [-0.25, -0.2) is 4.79 Å². The zero-order valence-corrected chi connectivity index (χ0v) is 46.0. The van der Waals surface area contributed by atoms with Gasteiger partial charge in [0, 0.05) is 12.8 Å². The molecule has 0 rings (SSSR count). The van der Waals surface area contributed by atoms with Crippen LogP contribution in [-0.4, -0.2) is 87.4 Å². The quantitative estimate of drug-likeness (QED) is 0.0211. The van der Waals surface area contributed by atoms with E-state index in [1.165, 1.54) is 199 Å². The molecule has 2 atom stereocenters. The lowest BCUT2D eigenvalue weighted by molar-refractivity contribution is -0.870. The lowest BCUT2D eigenvalue weighted by Gasteiger charge is -2.25. The highest BCUT2D eigenvalue weighted by Crippen LogP contribution is 2.16. The Morgan fingerprint density at radius 3 is 1.16 bits per heavy atom. The van der Waals surface area contributed by atoms with Gasteiger partial charge in [0.1, 0.15) is 13.2 Å². The number of aliphatic carboxylic acids is 1. The van der Waals surface area contributed by atoms with Gasteiger partial charge in [-0.15, -0.1) is 0 Å². The van der Waals surface area contributed by atoms with Gasteiger partial charge in [-0.1, -0.05) is 224 Å². The van der Waals surface area contributed by atoms with E-state index < -0.39 is 24.3 Å². The van der Waals surface area contributed by atoms with E-state index in [4.69, 9.17) is 18.9 Å². The molecule has 1 N–H and O–H groups in total. The third-order valence-electron chi connectivity index (χ3n) is 12.9. The summed E-state index contributed by atoms with van der Waals surface area (Å²) in [6.07, 6.45) is 59.3. The van der Waals surface area contributed by atoms with Crippen LogP contribution in [0, 0.1) is 0 Å². The van der Waals surface area contributed by atoms with Crippen LogP contribution >= 0.6 is 0 Å². The van der Waals surface area contributed by atoms with Gasteiger partial charge >= 0.3 is 17.9 Å². The van der Waals surface area contributed by atoms with Gasteiger partial charge in [0.05, 0.1) is 34.4 Å². The summed E-state index contributed by atoms with van der Waals surface area (Å²) in [5.74, 6) is -2.00. The number of hydrogen-bond acceptors (Lipinski definition) is 7. The van der Waals surface area contributed by atoms with Crippen molar-refractivity contribution in [2.45, 2.75) is 283 Å². The van der Waals surface area contributed by atoms with Crippen molar-refractivity contribution in [2.75, 3.05) is 47.5 Å². The number of likely N-dealkylation sites (N-methyl/N-ethyl adjacent to an activating group) is 1. The SMILES string of the molecule is CCCCCCC/C=C\C/C=C\CCCCCCCCCCCCCC(=O)OC(COC(=O)CCCCCCCCCCC/C=C\CCCCCCCCCC)COC(OCC[N+](C)(C)C)C(=O)O. The second-order valence-electron chi connectivity index (χ2n) is 20.9. The fourth-order valence-electron chi connectivity index (χ4n) is 8.33. The Morgan fingerprint density at radius 1 is 0.435 bits per heavy atom. The molecule has 0 aromatic heterocycles. The number of unbranched alkanes of at least 4 members (excludes halogenated alkanes) is 33. The van der Waals surface area contributed by atoms with Crippen LogP contribution in [0.25, 0.3) is 0 Å². The average Bonchev–Trinajstić information content (AvgIpc) is 3.31. The topological polar surface area (TPSA) is 108 Å². The van der Waals surface area contributed by atoms with E-state index in [9.17, 15) is 19.5 Å². The standard InChI is InChI=1S/C60H111NO8/c1-6-8-10-12-14-16-18-20-22-24-26-28-29-31-33-35-37-39-41-43-45-47-49-51-58(63)69-56(55-68-60(59(64)65)66-53-52-61(3,4)5)54-67-57(62)50-48-46-44-42-40-38-36-34-32-30-27-25-23-21-19-17-15-13-11-9-7-2/h18,20,24-27,56,60H,6-17,19,21-23,28-55H2,1-5H3/p+1/b20-18-,26-24-,27-25-. The van der Waals surface area contributed by atoms with Gasteiger partial charge in [0.25, 0.3) is 6.29 Å². The zero-order valence-electron chi connectivity index (χ0n) is 46.0. The first-order chi connectivity index (χ1) is 33.6. The van der Waals surface area contributed by atoms with Gasteiger partial charge < -0.3 is 28.5 Å². The molecule has 404 valence electrons. The number of carboxylic acids is 1. The summed E-state index contributed by atoms with van der Waals surface area (Å²) in [5, 5.41) is 9.70. The van der Waals surface area contributed by atoms with E-state index >= 15 is 0 Å². The maximum absolute atomic E-state index is 12.9. The molecule has 0 aromatic carbocycles. The van der Waals surface area contributed by atoms with Gasteiger partial charge in [-0.2, -0.15) is 0 Å². The Balaban J connectivity index is 4.24. The van der Waals surface area contributed by atoms with Crippen LogP contribution in [0.3, 0.4) is 0 Å². The molecule has 69 heavy (non-hydrogen) atoms. The number of esters is 2. The zero-order chi connectivity index (χ0) is 50.6. The number of nitrogens with zero attached hydrogens (tertiary/aromatic N) is 1. The molecule has 0 fully saturated rings. The monoisotopic (exact) mass is 975 g/mol. The van der Waals surface area contributed by atoms with Crippen LogP contribution in [0.4, 0.5) is 0 Å². The van der Waals surface area contributed by atoms with Gasteiger partial charge in [0.15, 0.2) is 6.10 Å². The Bertz CT molecular complexity index is 1230. The minimum absolute atomic E-state index is 0.181. The fraction of sp³-hybridized carbons (Fsp3) is 0.850. The maximum atomic E-state index is 12.9. The Kier molecular flexibility index (Phi) is 50.0. The van der Waals surface area contributed by atoms with Crippen LogP contribution in [0.1, 0.15) is 271 Å². The predicted molar refractivity (Wildman–Crippen MR) is 291 cm³/mol. The minimum atomic E-state index is -1.51. The molecular formula is C60H112NO8+. The van der Waals surface area contributed by atoms with Crippen molar-refractivity contribution in [1.82, 2.24) is 0 Å². The smallest absolute Gasteiger partial charge is 0.361 e. The summed E-state index contributed by atoms with van der Waals surface area (Å²) in [7, 11) is 5.97. The van der Waals surface area contributed by atoms with Crippen LogP contribution in [-0.2, 0) is 33.3 Å². The summed E-state index contributed by atoms with van der Waals surface area (Å²) >= 11 is 0. The summed E-state index contributed by atoms with van der Waals surface area (Å²) in [4.78, 5) is 37.4. The lowest BCUT2D eigenvalue weighted by Crippen LogP contribution is -2.40. The highest BCUT2D eigenvalue weighted by molar-refractivity contribution is 5.71. The first-order valence-corrected chi connectivity index (χ1v) is 29.2. The van der Waals surface area contributed by atoms with Crippen LogP contribution in [0.15, 0.2) is 36.5 Å². The van der Waals surface area contributed by atoms with Crippen molar-refractivity contribution in [1.29, 1.82) is 0 Å². The number of carbonyl (C=O) groups is 3. The summed E-state index contributed by atoms with van der Waals surface area (Å²) in [5.41, 5.74) is 0. The second-order valence-corrected chi connectivity index (χ2v) is 20.9. The Morgan fingerprint density at radius 2 is 0.783 bits per heavy atom. The molecule has 0 spiro atoms. The molecule has 0 bridgehead atoms. The highest BCUT2D eigenvalue weighted by atomic mass is 16.7. The van der Waals surface area contributed by atoms with E-state index in [2.05, 4.69) is 50.3 Å². The average molecular weight is 976 g/mol. The minimum Gasteiger partial charge on any atom is -0.477 e. The molecule has 9 heteroatoms. The fourth-order valence-corrected chi connectivity index (χ4v) is 8.33. The molecule has 0 radical (unpaired) electrons. The van der Waals surface area contributed by atoms with E-state index in [0.717, 1.165) is 44.9 Å². The van der Waals surface area contributed by atoms with E-state index in [0.29, 0.717) is 17.4 Å². The maximum Gasteiger partial charge on any atom is 0.361 e. The van der Waals surface area contributed by atoms with E-state index in [1.54, 1.807) is 0 Å². The molecule has 0 heterocycles. The van der Waals surface area contributed by atoms with Crippen LogP contribution in [0.5, 0.6) is 0 Å².